The smallest absolute Gasteiger partial charge is 0.299 e. The van der Waals surface area contributed by atoms with E-state index in [1.54, 1.807) is 24.3 Å². The van der Waals surface area contributed by atoms with Crippen LogP contribution in [0.2, 0.25) is 10.0 Å². The molecule has 1 N–H and O–H groups in total. The molecule has 1 heterocycles. The van der Waals surface area contributed by atoms with Gasteiger partial charge in [-0.2, -0.15) is 13.2 Å². The number of aromatic nitrogens is 2. The molecule has 0 spiro atoms. The third kappa shape index (κ3) is 5.94. The second-order valence-electron chi connectivity index (χ2n) is 6.81. The van der Waals surface area contributed by atoms with Crippen LogP contribution in [0.5, 0.6) is 0 Å². The van der Waals surface area contributed by atoms with Crippen LogP contribution in [-0.4, -0.2) is 36.8 Å². The van der Waals surface area contributed by atoms with Gasteiger partial charge in [-0.1, -0.05) is 46.7 Å². The lowest BCUT2D eigenvalue weighted by Crippen LogP contribution is -2.45. The second-order valence-corrected chi connectivity index (χ2v) is 10.5. The van der Waals surface area contributed by atoms with Gasteiger partial charge in [0, 0.05) is 10.6 Å². The maximum atomic E-state index is 13.2. The Morgan fingerprint density at radius 1 is 1.12 bits per heavy atom. The molecule has 7 nitrogen and oxygen atoms in total. The van der Waals surface area contributed by atoms with E-state index in [2.05, 4.69) is 15.5 Å². The first-order valence-corrected chi connectivity index (χ1v) is 12.5. The molecule has 0 bridgehead atoms. The summed E-state index contributed by atoms with van der Waals surface area (Å²) >= 11 is 12.5. The lowest BCUT2D eigenvalue weighted by Gasteiger charge is -2.28. The van der Waals surface area contributed by atoms with E-state index in [9.17, 15) is 26.4 Å². The van der Waals surface area contributed by atoms with Crippen LogP contribution in [0.25, 0.3) is 10.6 Å². The molecule has 14 heteroatoms. The number of nitrogens with one attached hydrogen (secondary N) is 1. The van der Waals surface area contributed by atoms with Crippen LogP contribution in [0.4, 0.5) is 24.0 Å². The van der Waals surface area contributed by atoms with Gasteiger partial charge in [0.15, 0.2) is 0 Å². The zero-order valence-corrected chi connectivity index (χ0v) is 20.0. The van der Waals surface area contributed by atoms with E-state index < -0.39 is 38.7 Å². The van der Waals surface area contributed by atoms with Gasteiger partial charge < -0.3 is 0 Å². The lowest BCUT2D eigenvalue weighted by atomic mass is 10.1. The van der Waals surface area contributed by atoms with Crippen molar-refractivity contribution in [3.05, 3.63) is 58.1 Å². The summed E-state index contributed by atoms with van der Waals surface area (Å²) in [5.74, 6) is -0.817. The fraction of sp³-hybridized carbons (Fsp3) is 0.211. The van der Waals surface area contributed by atoms with E-state index in [1.807, 2.05) is 0 Å². The monoisotopic (exact) mass is 538 g/mol. The highest BCUT2D eigenvalue weighted by atomic mass is 35.5. The fourth-order valence-corrected chi connectivity index (χ4v) is 5.14. The Morgan fingerprint density at radius 2 is 1.76 bits per heavy atom. The summed E-state index contributed by atoms with van der Waals surface area (Å²) in [6.07, 6.45) is -4.03. The minimum atomic E-state index is -4.81. The third-order valence-corrected chi connectivity index (χ3v) is 7.06. The van der Waals surface area contributed by atoms with Crippen LogP contribution >= 0.6 is 34.5 Å². The van der Waals surface area contributed by atoms with Crippen molar-refractivity contribution in [2.24, 2.45) is 0 Å². The quantitative estimate of drug-likeness (QED) is 0.458. The Kier molecular flexibility index (Phi) is 7.22. The van der Waals surface area contributed by atoms with E-state index in [1.165, 1.54) is 6.92 Å². The van der Waals surface area contributed by atoms with E-state index in [4.69, 9.17) is 23.2 Å². The number of amides is 1. The lowest BCUT2D eigenvalue weighted by molar-refractivity contribution is -0.137. The summed E-state index contributed by atoms with van der Waals surface area (Å²) in [5.41, 5.74) is -0.889. The maximum Gasteiger partial charge on any atom is 0.417 e. The highest BCUT2D eigenvalue weighted by molar-refractivity contribution is 7.92. The van der Waals surface area contributed by atoms with Gasteiger partial charge >= 0.3 is 6.18 Å². The summed E-state index contributed by atoms with van der Waals surface area (Å²) < 4.78 is 65.1. The number of nitrogens with zero attached hydrogens (tertiary/aromatic N) is 3. The number of sulfonamides is 1. The van der Waals surface area contributed by atoms with Crippen LogP contribution in [0, 0.1) is 0 Å². The number of carbonyl (C=O) groups is 1. The number of alkyl halides is 3. The molecule has 0 radical (unpaired) electrons. The SMILES string of the molecule is C[C@H](C(=O)Nc1nnc(-c2ccc(Cl)cc2)s1)N(c1ccc(Cl)c(C(F)(F)F)c1)S(C)(=O)=O. The number of hydrogen-bond acceptors (Lipinski definition) is 6. The van der Waals surface area contributed by atoms with E-state index >= 15 is 0 Å². The molecule has 2 aromatic carbocycles. The molecule has 1 atom stereocenters. The van der Waals surface area contributed by atoms with E-state index in [0.29, 0.717) is 26.0 Å². The normalized spacial score (nSPS) is 12.9. The molecule has 0 unspecified atom stereocenters. The van der Waals surface area contributed by atoms with Crippen LogP contribution in [-0.2, 0) is 21.0 Å². The van der Waals surface area contributed by atoms with Gasteiger partial charge in [0.1, 0.15) is 11.0 Å². The van der Waals surface area contributed by atoms with Gasteiger partial charge in [-0.05, 0) is 37.3 Å². The Balaban J connectivity index is 1.87. The zero-order chi connectivity index (χ0) is 24.6. The van der Waals surface area contributed by atoms with Crippen molar-refractivity contribution in [3.63, 3.8) is 0 Å². The summed E-state index contributed by atoms with van der Waals surface area (Å²) in [6.45, 7) is 1.24. The first-order chi connectivity index (χ1) is 15.3. The Morgan fingerprint density at radius 3 is 2.33 bits per heavy atom. The highest BCUT2D eigenvalue weighted by Gasteiger charge is 2.36. The number of carbonyl (C=O) groups excluding carboxylic acids is 1. The molecular formula is C19H15Cl2F3N4O3S2. The van der Waals surface area contributed by atoms with Crippen molar-refractivity contribution >= 4 is 61.3 Å². The van der Waals surface area contributed by atoms with Gasteiger partial charge in [0.05, 0.1) is 22.5 Å². The predicted octanol–water partition coefficient (Wildman–Crippen LogP) is 5.32. The van der Waals surface area contributed by atoms with E-state index in [-0.39, 0.29) is 10.8 Å². The van der Waals surface area contributed by atoms with Crippen molar-refractivity contribution in [2.75, 3.05) is 15.9 Å². The van der Waals surface area contributed by atoms with Crippen molar-refractivity contribution in [1.82, 2.24) is 10.2 Å². The van der Waals surface area contributed by atoms with Crippen molar-refractivity contribution in [2.45, 2.75) is 19.1 Å². The predicted molar refractivity (Wildman–Crippen MR) is 122 cm³/mol. The Labute approximate surface area is 201 Å². The first kappa shape index (κ1) is 25.2. The largest absolute Gasteiger partial charge is 0.417 e. The molecule has 0 aliphatic rings. The highest BCUT2D eigenvalue weighted by Crippen LogP contribution is 2.38. The molecule has 3 aromatic rings. The van der Waals surface area contributed by atoms with E-state index in [0.717, 1.165) is 29.7 Å². The minimum Gasteiger partial charge on any atom is -0.299 e. The Hall–Kier alpha value is -2.41. The molecule has 0 aliphatic heterocycles. The molecule has 1 aromatic heterocycles. The first-order valence-electron chi connectivity index (χ1n) is 9.04. The number of halogens is 5. The molecule has 3 rings (SSSR count). The van der Waals surface area contributed by atoms with Crippen molar-refractivity contribution < 1.29 is 26.4 Å². The third-order valence-electron chi connectivity index (χ3n) is 4.34. The second kappa shape index (κ2) is 9.45. The van der Waals surface area contributed by atoms with Gasteiger partial charge in [0.25, 0.3) is 0 Å². The van der Waals surface area contributed by atoms with Gasteiger partial charge in [0.2, 0.25) is 21.1 Å². The van der Waals surface area contributed by atoms with Crippen molar-refractivity contribution in [3.8, 4) is 10.6 Å². The number of anilines is 2. The summed E-state index contributed by atoms with van der Waals surface area (Å²) in [6, 6.07) is 7.91. The van der Waals surface area contributed by atoms with Crippen LogP contribution < -0.4 is 9.62 Å². The molecule has 0 saturated carbocycles. The molecule has 176 valence electrons. The number of rotatable bonds is 6. The van der Waals surface area contributed by atoms with Gasteiger partial charge in [-0.25, -0.2) is 8.42 Å². The average Bonchev–Trinajstić information content (AvgIpc) is 3.16. The molecular weight excluding hydrogens is 524 g/mol. The standard InChI is InChI=1S/C19H15Cl2F3N4O3S2/c1-10(16(29)25-18-27-26-17(32-18)11-3-5-12(20)6-4-11)28(33(2,30)31)13-7-8-15(21)14(9-13)19(22,23)24/h3-10H,1-2H3,(H,25,27,29)/t10-/m1/s1. The van der Waals surface area contributed by atoms with Gasteiger partial charge in [-0.3, -0.25) is 14.4 Å². The summed E-state index contributed by atoms with van der Waals surface area (Å²) in [4.78, 5) is 12.8. The van der Waals surface area contributed by atoms with Crippen molar-refractivity contribution in [1.29, 1.82) is 0 Å². The number of hydrogen-bond donors (Lipinski definition) is 1. The average molecular weight is 539 g/mol. The Bertz CT molecular complexity index is 1280. The molecule has 0 aliphatic carbocycles. The van der Waals surface area contributed by atoms with Crippen LogP contribution in [0.15, 0.2) is 42.5 Å². The molecule has 0 fully saturated rings. The maximum absolute atomic E-state index is 13.2. The molecule has 33 heavy (non-hydrogen) atoms. The number of benzene rings is 2. The fourth-order valence-electron chi connectivity index (χ4n) is 2.87. The van der Waals surface area contributed by atoms with Crippen LogP contribution in [0.1, 0.15) is 12.5 Å². The zero-order valence-electron chi connectivity index (χ0n) is 16.9. The van der Waals surface area contributed by atoms with Crippen LogP contribution in [0.3, 0.4) is 0 Å². The topological polar surface area (TPSA) is 92.3 Å². The minimum absolute atomic E-state index is 0.0809. The molecule has 0 saturated heterocycles. The summed E-state index contributed by atoms with van der Waals surface area (Å²) in [7, 11) is -4.15. The molecule has 1 amide bonds. The summed E-state index contributed by atoms with van der Waals surface area (Å²) in [5, 5.41) is 10.8. The van der Waals surface area contributed by atoms with Gasteiger partial charge in [-0.15, -0.1) is 10.2 Å².